The van der Waals surface area contributed by atoms with Gasteiger partial charge in [-0.1, -0.05) is 25.0 Å². The van der Waals surface area contributed by atoms with Crippen LogP contribution in [0.15, 0.2) is 65.3 Å². The smallest absolute Gasteiger partial charge is 0.294 e. The molecule has 0 bridgehead atoms. The minimum atomic E-state index is -0.976. The molecule has 4 rings (SSSR count). The van der Waals surface area contributed by atoms with Crippen LogP contribution in [0.2, 0.25) is 0 Å². The van der Waals surface area contributed by atoms with E-state index in [0.717, 1.165) is 25.7 Å². The fourth-order valence-electron chi connectivity index (χ4n) is 4.52. The van der Waals surface area contributed by atoms with Crippen molar-refractivity contribution in [2.75, 3.05) is 25.7 Å². The average Bonchev–Trinajstić information content (AvgIpc) is 3.62. The molecular weight excluding hydrogens is 460 g/mol. The molecule has 1 aliphatic carbocycles. The second-order valence-corrected chi connectivity index (χ2v) is 8.62. The first-order valence-corrected chi connectivity index (χ1v) is 12.2. The van der Waals surface area contributed by atoms with Crippen molar-refractivity contribution in [1.29, 1.82) is 0 Å². The minimum Gasteiger partial charge on any atom is -0.497 e. The molecule has 1 N–H and O–H groups in total. The van der Waals surface area contributed by atoms with Gasteiger partial charge in [-0.25, -0.2) is 0 Å². The third-order valence-corrected chi connectivity index (χ3v) is 6.28. The van der Waals surface area contributed by atoms with Crippen molar-refractivity contribution in [3.05, 3.63) is 72.2 Å². The second kappa shape index (κ2) is 11.7. The summed E-state index contributed by atoms with van der Waals surface area (Å²) >= 11 is 0. The Morgan fingerprint density at radius 1 is 1.00 bits per heavy atom. The molecule has 2 amide bonds. The van der Waals surface area contributed by atoms with E-state index in [2.05, 4.69) is 5.32 Å². The molecule has 190 valence electrons. The molecular formula is C28H32N2O6. The normalized spacial score (nSPS) is 14.2. The lowest BCUT2D eigenvalue weighted by Crippen LogP contribution is -2.46. The van der Waals surface area contributed by atoms with Crippen LogP contribution in [0.5, 0.6) is 17.2 Å². The molecule has 3 aromatic rings. The van der Waals surface area contributed by atoms with Gasteiger partial charge in [0.05, 0.1) is 32.8 Å². The summed E-state index contributed by atoms with van der Waals surface area (Å²) in [7, 11) is 3.07. The molecule has 1 aromatic heterocycles. The molecule has 0 spiro atoms. The van der Waals surface area contributed by atoms with Crippen LogP contribution >= 0.6 is 0 Å². The van der Waals surface area contributed by atoms with Crippen LogP contribution in [-0.4, -0.2) is 38.7 Å². The van der Waals surface area contributed by atoms with E-state index >= 15 is 0 Å². The van der Waals surface area contributed by atoms with Crippen LogP contribution in [0.25, 0.3) is 0 Å². The third-order valence-electron chi connectivity index (χ3n) is 6.28. The van der Waals surface area contributed by atoms with E-state index in [1.165, 1.54) is 25.4 Å². The Balaban J connectivity index is 1.84. The first-order valence-electron chi connectivity index (χ1n) is 12.2. The molecule has 8 heteroatoms. The monoisotopic (exact) mass is 492 g/mol. The van der Waals surface area contributed by atoms with Crippen molar-refractivity contribution >= 4 is 17.5 Å². The summed E-state index contributed by atoms with van der Waals surface area (Å²) in [6, 6.07) is 14.7. The van der Waals surface area contributed by atoms with Gasteiger partial charge in [0.15, 0.2) is 5.76 Å². The number of ether oxygens (including phenoxy) is 3. The Morgan fingerprint density at radius 3 is 2.22 bits per heavy atom. The molecule has 1 atom stereocenters. The zero-order valence-electron chi connectivity index (χ0n) is 20.9. The molecule has 2 aromatic carbocycles. The van der Waals surface area contributed by atoms with Crippen LogP contribution in [-0.2, 0) is 4.79 Å². The van der Waals surface area contributed by atoms with Crippen LogP contribution < -0.4 is 24.4 Å². The van der Waals surface area contributed by atoms with Gasteiger partial charge in [-0.3, -0.25) is 14.5 Å². The van der Waals surface area contributed by atoms with Crippen LogP contribution in [0.4, 0.5) is 5.69 Å². The Labute approximate surface area is 211 Å². The first kappa shape index (κ1) is 25.2. The third kappa shape index (κ3) is 5.64. The van der Waals surface area contributed by atoms with Crippen molar-refractivity contribution in [1.82, 2.24) is 5.32 Å². The van der Waals surface area contributed by atoms with E-state index in [4.69, 9.17) is 18.6 Å². The number of rotatable bonds is 10. The Hall–Kier alpha value is -3.94. The lowest BCUT2D eigenvalue weighted by atomic mass is 10.0. The fourth-order valence-corrected chi connectivity index (χ4v) is 4.52. The molecule has 0 saturated heterocycles. The van der Waals surface area contributed by atoms with Gasteiger partial charge in [-0.05, 0) is 49.6 Å². The zero-order valence-corrected chi connectivity index (χ0v) is 20.9. The fraction of sp³-hybridized carbons (Fsp3) is 0.357. The number of anilines is 1. The average molecular weight is 493 g/mol. The quantitative estimate of drug-likeness (QED) is 0.421. The number of amides is 2. The standard InChI is InChI=1S/C28H32N2O6/c1-4-35-22-13-11-19(12-14-22)26(27(31)29-20-8-5-6-9-20)30(28(32)25-10-7-15-36-25)21-16-23(33-2)18-24(17-21)34-3/h7,10-18,20,26H,4-6,8-9H2,1-3H3,(H,29,31)/t26-/m1/s1. The first-order chi connectivity index (χ1) is 17.5. The number of carbonyl (C=O) groups is 2. The number of hydrogen-bond acceptors (Lipinski definition) is 6. The van der Waals surface area contributed by atoms with Crippen LogP contribution in [0.1, 0.15) is 54.8 Å². The van der Waals surface area contributed by atoms with Gasteiger partial charge in [0.2, 0.25) is 5.91 Å². The van der Waals surface area contributed by atoms with Gasteiger partial charge in [0.1, 0.15) is 23.3 Å². The molecule has 0 radical (unpaired) electrons. The predicted octanol–water partition coefficient (Wildman–Crippen LogP) is 5.14. The number of furan rings is 1. The van der Waals surface area contributed by atoms with Gasteiger partial charge in [0, 0.05) is 24.2 Å². The highest BCUT2D eigenvalue weighted by molar-refractivity contribution is 6.09. The number of methoxy groups -OCH3 is 2. The van der Waals surface area contributed by atoms with E-state index in [0.29, 0.717) is 35.1 Å². The SMILES string of the molecule is CCOc1ccc([C@H](C(=O)NC2CCCC2)N(C(=O)c2ccco2)c2cc(OC)cc(OC)c2)cc1. The molecule has 8 nitrogen and oxygen atoms in total. The Kier molecular flexibility index (Phi) is 8.15. The molecule has 36 heavy (non-hydrogen) atoms. The molecule has 1 heterocycles. The summed E-state index contributed by atoms with van der Waals surface area (Å²) in [5.41, 5.74) is 1.07. The molecule has 1 saturated carbocycles. The minimum absolute atomic E-state index is 0.0723. The highest BCUT2D eigenvalue weighted by Crippen LogP contribution is 2.36. The largest absolute Gasteiger partial charge is 0.497 e. The molecule has 1 fully saturated rings. The topological polar surface area (TPSA) is 90.2 Å². The zero-order chi connectivity index (χ0) is 25.5. The van der Waals surface area contributed by atoms with Crippen LogP contribution in [0, 0.1) is 0 Å². The highest BCUT2D eigenvalue weighted by Gasteiger charge is 2.36. The van der Waals surface area contributed by atoms with Crippen molar-refractivity contribution in [3.63, 3.8) is 0 Å². The summed E-state index contributed by atoms with van der Waals surface area (Å²) in [5.74, 6) is 1.04. The number of benzene rings is 2. The van der Waals surface area contributed by atoms with E-state index < -0.39 is 11.9 Å². The lowest BCUT2D eigenvalue weighted by molar-refractivity contribution is -0.123. The lowest BCUT2D eigenvalue weighted by Gasteiger charge is -2.32. The van der Waals surface area contributed by atoms with E-state index in [1.807, 2.05) is 19.1 Å². The predicted molar refractivity (Wildman–Crippen MR) is 136 cm³/mol. The Bertz CT molecular complexity index is 1130. The highest BCUT2D eigenvalue weighted by atomic mass is 16.5. The van der Waals surface area contributed by atoms with Gasteiger partial charge >= 0.3 is 0 Å². The van der Waals surface area contributed by atoms with Gasteiger partial charge < -0.3 is 23.9 Å². The van der Waals surface area contributed by atoms with Gasteiger partial charge in [-0.15, -0.1) is 0 Å². The maximum atomic E-state index is 13.9. The number of carbonyl (C=O) groups excluding carboxylic acids is 2. The number of hydrogen-bond donors (Lipinski definition) is 1. The summed E-state index contributed by atoms with van der Waals surface area (Å²) in [5, 5.41) is 3.17. The summed E-state index contributed by atoms with van der Waals surface area (Å²) < 4.78 is 22.0. The molecule has 0 unspecified atom stereocenters. The van der Waals surface area contributed by atoms with Crippen molar-refractivity contribution in [2.24, 2.45) is 0 Å². The number of nitrogens with one attached hydrogen (secondary N) is 1. The molecule has 0 aliphatic heterocycles. The van der Waals surface area contributed by atoms with Crippen molar-refractivity contribution in [2.45, 2.75) is 44.7 Å². The maximum Gasteiger partial charge on any atom is 0.294 e. The van der Waals surface area contributed by atoms with Gasteiger partial charge in [-0.2, -0.15) is 0 Å². The molecule has 1 aliphatic rings. The van der Waals surface area contributed by atoms with Crippen LogP contribution in [0.3, 0.4) is 0 Å². The Morgan fingerprint density at radius 2 is 1.67 bits per heavy atom. The second-order valence-electron chi connectivity index (χ2n) is 8.62. The maximum absolute atomic E-state index is 13.9. The van der Waals surface area contributed by atoms with E-state index in [-0.39, 0.29) is 17.7 Å². The summed E-state index contributed by atoms with van der Waals surface area (Å²) in [4.78, 5) is 29.2. The van der Waals surface area contributed by atoms with Crippen molar-refractivity contribution in [3.8, 4) is 17.2 Å². The van der Waals surface area contributed by atoms with E-state index in [1.54, 1.807) is 42.5 Å². The number of nitrogens with zero attached hydrogens (tertiary/aromatic N) is 1. The van der Waals surface area contributed by atoms with Crippen molar-refractivity contribution < 1.29 is 28.2 Å². The van der Waals surface area contributed by atoms with Gasteiger partial charge in [0.25, 0.3) is 5.91 Å². The summed E-state index contributed by atoms with van der Waals surface area (Å²) in [6.45, 7) is 2.43. The van der Waals surface area contributed by atoms with E-state index in [9.17, 15) is 9.59 Å². The summed E-state index contributed by atoms with van der Waals surface area (Å²) in [6.07, 6.45) is 5.41.